The quantitative estimate of drug-likeness (QED) is 0.298. The number of hydrogen-bond donors (Lipinski definition) is 1. The first-order valence-corrected chi connectivity index (χ1v) is 5.59. The molecular weight excluding hydrogens is 184 g/mol. The fourth-order valence-corrected chi connectivity index (χ4v) is 1.34. The van der Waals surface area contributed by atoms with Crippen LogP contribution in [-0.4, -0.2) is 11.4 Å². The maximum Gasteiger partial charge on any atom is 0.306 e. The summed E-state index contributed by atoms with van der Waals surface area (Å²) in [6, 6.07) is 0. The zero-order chi connectivity index (χ0) is 10.1. The van der Waals surface area contributed by atoms with Gasteiger partial charge in [0.25, 0.3) is 0 Å². The summed E-state index contributed by atoms with van der Waals surface area (Å²) >= 11 is 4.19. The lowest BCUT2D eigenvalue weighted by Crippen LogP contribution is -2.12. The predicted octanol–water partition coefficient (Wildman–Crippen LogP) is 3.17. The van der Waals surface area contributed by atoms with Gasteiger partial charge in [-0.25, -0.2) is 0 Å². The van der Waals surface area contributed by atoms with Crippen LogP contribution >= 0.6 is 12.6 Å². The predicted molar refractivity (Wildman–Crippen MR) is 57.9 cm³/mol. The van der Waals surface area contributed by atoms with Crippen molar-refractivity contribution in [2.45, 2.75) is 57.8 Å². The highest BCUT2D eigenvalue weighted by Gasteiger charge is 2.08. The van der Waals surface area contributed by atoms with E-state index in [0.29, 0.717) is 6.42 Å². The van der Waals surface area contributed by atoms with Gasteiger partial charge in [0.15, 0.2) is 0 Å². The normalized spacial score (nSPS) is 12.5. The van der Waals surface area contributed by atoms with Crippen LogP contribution in [0, 0.1) is 0 Å². The molecule has 0 radical (unpaired) electrons. The third-order valence-corrected chi connectivity index (χ3v) is 2.14. The molecule has 0 amide bonds. The van der Waals surface area contributed by atoms with E-state index in [-0.39, 0.29) is 11.4 Å². The number of rotatable bonds is 7. The lowest BCUT2D eigenvalue weighted by Gasteiger charge is -2.11. The Hall–Kier alpha value is -0.180. The molecule has 0 aliphatic heterocycles. The van der Waals surface area contributed by atoms with Crippen LogP contribution in [-0.2, 0) is 9.53 Å². The van der Waals surface area contributed by atoms with Gasteiger partial charge in [-0.2, -0.15) is 0 Å². The van der Waals surface area contributed by atoms with Crippen molar-refractivity contribution in [1.29, 1.82) is 0 Å². The largest absolute Gasteiger partial charge is 0.452 e. The van der Waals surface area contributed by atoms with Crippen molar-refractivity contribution in [3.63, 3.8) is 0 Å². The monoisotopic (exact) mass is 204 g/mol. The average molecular weight is 204 g/mol. The van der Waals surface area contributed by atoms with Gasteiger partial charge in [-0.15, -0.1) is 12.6 Å². The summed E-state index contributed by atoms with van der Waals surface area (Å²) < 4.78 is 5.06. The molecule has 0 saturated heterocycles. The number of carbonyl (C=O) groups is 1. The van der Waals surface area contributed by atoms with E-state index in [1.54, 1.807) is 0 Å². The topological polar surface area (TPSA) is 26.3 Å². The smallest absolute Gasteiger partial charge is 0.306 e. The van der Waals surface area contributed by atoms with Crippen LogP contribution in [0.1, 0.15) is 52.4 Å². The number of esters is 1. The first-order chi connectivity index (χ1) is 6.20. The molecule has 0 aromatic carbocycles. The molecule has 0 fully saturated rings. The number of carbonyl (C=O) groups excluding carboxylic acids is 1. The van der Waals surface area contributed by atoms with E-state index in [0.717, 1.165) is 19.3 Å². The molecule has 0 N–H and O–H groups in total. The average Bonchev–Trinajstić information content (AvgIpc) is 2.05. The molecule has 0 aromatic heterocycles. The minimum Gasteiger partial charge on any atom is -0.452 e. The Kier molecular flexibility index (Phi) is 8.30. The third kappa shape index (κ3) is 8.16. The summed E-state index contributed by atoms with van der Waals surface area (Å²) in [7, 11) is 0. The van der Waals surface area contributed by atoms with Gasteiger partial charge in [0, 0.05) is 6.42 Å². The van der Waals surface area contributed by atoms with Crippen molar-refractivity contribution >= 4 is 18.6 Å². The van der Waals surface area contributed by atoms with E-state index < -0.39 is 0 Å². The Labute approximate surface area is 86.5 Å². The lowest BCUT2D eigenvalue weighted by atomic mass is 10.2. The molecule has 0 bridgehead atoms. The molecule has 0 spiro atoms. The molecule has 1 atom stereocenters. The van der Waals surface area contributed by atoms with E-state index in [4.69, 9.17) is 4.74 Å². The molecule has 0 heterocycles. The Morgan fingerprint density at radius 1 is 1.31 bits per heavy atom. The highest BCUT2D eigenvalue weighted by molar-refractivity contribution is 7.80. The van der Waals surface area contributed by atoms with Crippen molar-refractivity contribution in [2.75, 3.05) is 0 Å². The maximum absolute atomic E-state index is 11.0. The van der Waals surface area contributed by atoms with Gasteiger partial charge < -0.3 is 4.74 Å². The van der Waals surface area contributed by atoms with Crippen LogP contribution in [0.2, 0.25) is 0 Å². The van der Waals surface area contributed by atoms with Crippen molar-refractivity contribution < 1.29 is 9.53 Å². The Balaban J connectivity index is 3.38. The van der Waals surface area contributed by atoms with Gasteiger partial charge in [0.1, 0.15) is 5.44 Å². The molecule has 0 rings (SSSR count). The molecular formula is C10H20O2S. The molecule has 0 aromatic rings. The molecule has 3 heteroatoms. The first kappa shape index (κ1) is 12.8. The van der Waals surface area contributed by atoms with Crippen molar-refractivity contribution in [3.05, 3.63) is 0 Å². The molecule has 0 saturated carbocycles. The summed E-state index contributed by atoms with van der Waals surface area (Å²) in [5.74, 6) is -0.126. The second-order valence-electron chi connectivity index (χ2n) is 3.19. The fourth-order valence-electron chi connectivity index (χ4n) is 1.04. The van der Waals surface area contributed by atoms with E-state index in [9.17, 15) is 4.79 Å². The SMILES string of the molecule is CCCCCC(S)OC(=O)CCC. The summed E-state index contributed by atoms with van der Waals surface area (Å²) in [5.41, 5.74) is -0.203. The highest BCUT2D eigenvalue weighted by atomic mass is 32.1. The molecule has 78 valence electrons. The van der Waals surface area contributed by atoms with Crippen LogP contribution < -0.4 is 0 Å². The van der Waals surface area contributed by atoms with Crippen molar-refractivity contribution in [2.24, 2.45) is 0 Å². The zero-order valence-electron chi connectivity index (χ0n) is 8.58. The molecule has 0 aliphatic rings. The summed E-state index contributed by atoms with van der Waals surface area (Å²) in [6.45, 7) is 4.11. The first-order valence-electron chi connectivity index (χ1n) is 5.08. The number of thiol groups is 1. The Morgan fingerprint density at radius 2 is 2.00 bits per heavy atom. The van der Waals surface area contributed by atoms with Crippen LogP contribution in [0.25, 0.3) is 0 Å². The van der Waals surface area contributed by atoms with Gasteiger partial charge >= 0.3 is 5.97 Å². The molecule has 13 heavy (non-hydrogen) atoms. The third-order valence-electron chi connectivity index (χ3n) is 1.78. The maximum atomic E-state index is 11.0. The minimum absolute atomic E-state index is 0.126. The van der Waals surface area contributed by atoms with Crippen LogP contribution in [0.5, 0.6) is 0 Å². The van der Waals surface area contributed by atoms with E-state index >= 15 is 0 Å². The molecule has 1 unspecified atom stereocenters. The minimum atomic E-state index is -0.203. The summed E-state index contributed by atoms with van der Waals surface area (Å²) in [4.78, 5) is 11.0. The fraction of sp³-hybridized carbons (Fsp3) is 0.900. The second-order valence-corrected chi connectivity index (χ2v) is 3.77. The van der Waals surface area contributed by atoms with E-state index in [2.05, 4.69) is 19.6 Å². The second kappa shape index (κ2) is 8.42. The van der Waals surface area contributed by atoms with Crippen LogP contribution in [0.15, 0.2) is 0 Å². The van der Waals surface area contributed by atoms with Gasteiger partial charge in [0.2, 0.25) is 0 Å². The zero-order valence-corrected chi connectivity index (χ0v) is 9.48. The van der Waals surface area contributed by atoms with Crippen LogP contribution in [0.3, 0.4) is 0 Å². The van der Waals surface area contributed by atoms with Crippen molar-refractivity contribution in [1.82, 2.24) is 0 Å². The highest BCUT2D eigenvalue weighted by Crippen LogP contribution is 2.11. The number of unbranched alkanes of at least 4 members (excludes halogenated alkanes) is 2. The van der Waals surface area contributed by atoms with Gasteiger partial charge in [-0.1, -0.05) is 26.7 Å². The Bertz CT molecular complexity index is 137. The number of ether oxygens (including phenoxy) is 1. The molecule has 0 aliphatic carbocycles. The van der Waals surface area contributed by atoms with Crippen LogP contribution in [0.4, 0.5) is 0 Å². The standard InChI is InChI=1S/C10H20O2S/c1-3-5-6-8-10(13)12-9(11)7-4-2/h10,13H,3-8H2,1-2H3. The van der Waals surface area contributed by atoms with E-state index in [1.165, 1.54) is 12.8 Å². The summed E-state index contributed by atoms with van der Waals surface area (Å²) in [6.07, 6.45) is 5.67. The van der Waals surface area contributed by atoms with Gasteiger partial charge in [-0.3, -0.25) is 4.79 Å². The van der Waals surface area contributed by atoms with Gasteiger partial charge in [0.05, 0.1) is 0 Å². The number of hydrogen-bond acceptors (Lipinski definition) is 3. The van der Waals surface area contributed by atoms with E-state index in [1.807, 2.05) is 6.92 Å². The molecule has 2 nitrogen and oxygen atoms in total. The van der Waals surface area contributed by atoms with Crippen molar-refractivity contribution in [3.8, 4) is 0 Å². The van der Waals surface area contributed by atoms with Gasteiger partial charge in [-0.05, 0) is 19.3 Å². The Morgan fingerprint density at radius 3 is 2.54 bits per heavy atom. The lowest BCUT2D eigenvalue weighted by molar-refractivity contribution is -0.145. The summed E-state index contributed by atoms with van der Waals surface area (Å²) in [5, 5.41) is 0.